The van der Waals surface area contributed by atoms with Gasteiger partial charge in [0, 0.05) is 11.3 Å². The van der Waals surface area contributed by atoms with Gasteiger partial charge >= 0.3 is 0 Å². The zero-order chi connectivity index (χ0) is 16.8. The minimum absolute atomic E-state index is 0.478. The van der Waals surface area contributed by atoms with E-state index in [1.54, 1.807) is 7.11 Å². The highest BCUT2D eigenvalue weighted by atomic mass is 32.1. The number of aryl methyl sites for hydroxylation is 2. The van der Waals surface area contributed by atoms with Gasteiger partial charge in [-0.1, -0.05) is 36.9 Å². The van der Waals surface area contributed by atoms with Crippen molar-refractivity contribution >= 4 is 28.7 Å². The fourth-order valence-electron chi connectivity index (χ4n) is 2.17. The molecule has 23 heavy (non-hydrogen) atoms. The van der Waals surface area contributed by atoms with E-state index in [9.17, 15) is 0 Å². The Labute approximate surface area is 142 Å². The second-order valence-corrected chi connectivity index (χ2v) is 5.59. The van der Waals surface area contributed by atoms with Gasteiger partial charge in [-0.2, -0.15) is 0 Å². The summed E-state index contributed by atoms with van der Waals surface area (Å²) < 4.78 is 5.21. The Morgan fingerprint density at radius 2 is 1.70 bits per heavy atom. The van der Waals surface area contributed by atoms with Gasteiger partial charge in [-0.05, 0) is 49.3 Å². The fourth-order valence-corrected chi connectivity index (χ4v) is 2.32. The van der Waals surface area contributed by atoms with Gasteiger partial charge in [-0.25, -0.2) is 0 Å². The highest BCUT2D eigenvalue weighted by Crippen LogP contribution is 2.19. The molecule has 2 rings (SSSR count). The van der Waals surface area contributed by atoms with Crippen LogP contribution in [0, 0.1) is 13.8 Å². The van der Waals surface area contributed by atoms with Gasteiger partial charge in [0.1, 0.15) is 5.75 Å². The lowest BCUT2D eigenvalue weighted by Gasteiger charge is -2.17. The summed E-state index contributed by atoms with van der Waals surface area (Å²) in [5, 5.41) is 3.68. The van der Waals surface area contributed by atoms with Crippen molar-refractivity contribution in [1.29, 1.82) is 0 Å². The number of ether oxygens (including phenoxy) is 1. The van der Waals surface area contributed by atoms with Gasteiger partial charge in [0.15, 0.2) is 5.11 Å². The molecule has 0 bridgehead atoms. The number of hydrogen-bond acceptors (Lipinski definition) is 3. The Bertz CT molecular complexity index is 708. The fraction of sp³-hybridized carbons (Fsp3) is 0.167. The van der Waals surface area contributed by atoms with Crippen molar-refractivity contribution in [2.24, 2.45) is 0 Å². The molecule has 0 fully saturated rings. The Balaban J connectivity index is 1.95. The number of para-hydroxylation sites is 1. The van der Waals surface area contributed by atoms with Crippen LogP contribution in [0.3, 0.4) is 0 Å². The molecule has 0 amide bonds. The van der Waals surface area contributed by atoms with Crippen LogP contribution >= 0.6 is 12.2 Å². The van der Waals surface area contributed by atoms with Crippen molar-refractivity contribution in [3.63, 3.8) is 0 Å². The molecule has 2 aromatic rings. The molecule has 0 spiro atoms. The van der Waals surface area contributed by atoms with Crippen LogP contribution < -0.4 is 20.9 Å². The number of nitrogens with one attached hydrogen (secondary N) is 3. The molecule has 0 atom stereocenters. The summed E-state index contributed by atoms with van der Waals surface area (Å²) in [6.07, 6.45) is 0. The van der Waals surface area contributed by atoms with E-state index in [-0.39, 0.29) is 0 Å². The Morgan fingerprint density at radius 3 is 2.35 bits per heavy atom. The summed E-state index contributed by atoms with van der Waals surface area (Å²) in [6, 6.07) is 13.8. The van der Waals surface area contributed by atoms with Crippen LogP contribution in [-0.2, 0) is 0 Å². The van der Waals surface area contributed by atoms with Crippen molar-refractivity contribution in [1.82, 2.24) is 10.9 Å². The zero-order valence-electron chi connectivity index (χ0n) is 13.6. The van der Waals surface area contributed by atoms with E-state index in [1.165, 1.54) is 0 Å². The lowest BCUT2D eigenvalue weighted by Crippen LogP contribution is -2.39. The van der Waals surface area contributed by atoms with Gasteiger partial charge in [-0.3, -0.25) is 10.9 Å². The first-order chi connectivity index (χ1) is 11.0. The molecule has 0 unspecified atom stereocenters. The number of hydrazine groups is 1. The Hall–Kier alpha value is -2.53. The van der Waals surface area contributed by atoms with E-state index in [1.807, 2.05) is 56.3 Å². The first-order valence-corrected chi connectivity index (χ1v) is 7.64. The van der Waals surface area contributed by atoms with E-state index >= 15 is 0 Å². The maximum absolute atomic E-state index is 5.32. The number of rotatable bonds is 5. The second-order valence-electron chi connectivity index (χ2n) is 5.18. The van der Waals surface area contributed by atoms with Crippen LogP contribution in [-0.4, -0.2) is 12.2 Å². The van der Waals surface area contributed by atoms with Gasteiger partial charge in [0.05, 0.1) is 12.8 Å². The lowest BCUT2D eigenvalue weighted by atomic mass is 10.1. The van der Waals surface area contributed by atoms with E-state index in [0.717, 1.165) is 28.1 Å². The number of hydrogen-bond donors (Lipinski definition) is 3. The highest BCUT2D eigenvalue weighted by molar-refractivity contribution is 7.80. The monoisotopic (exact) mass is 327 g/mol. The SMILES string of the molecule is C=C(NNC(=S)Nc1c(C)cccc1C)c1cccc(OC)c1. The molecule has 0 aliphatic rings. The van der Waals surface area contributed by atoms with Crippen LogP contribution in [0.15, 0.2) is 49.0 Å². The van der Waals surface area contributed by atoms with Crippen molar-refractivity contribution in [3.05, 3.63) is 65.7 Å². The quantitative estimate of drug-likeness (QED) is 0.576. The third-order valence-electron chi connectivity index (χ3n) is 3.46. The van der Waals surface area contributed by atoms with Gasteiger partial charge < -0.3 is 10.1 Å². The molecule has 5 heteroatoms. The summed E-state index contributed by atoms with van der Waals surface area (Å²) >= 11 is 5.32. The molecule has 0 radical (unpaired) electrons. The number of thiocarbonyl (C=S) groups is 1. The lowest BCUT2D eigenvalue weighted by molar-refractivity contribution is 0.414. The van der Waals surface area contributed by atoms with Crippen LogP contribution in [0.4, 0.5) is 5.69 Å². The molecule has 0 aliphatic heterocycles. The minimum Gasteiger partial charge on any atom is -0.497 e. The maximum Gasteiger partial charge on any atom is 0.189 e. The number of methoxy groups -OCH3 is 1. The van der Waals surface area contributed by atoms with Crippen molar-refractivity contribution in [3.8, 4) is 5.75 Å². The molecular weight excluding hydrogens is 306 g/mol. The summed E-state index contributed by atoms with van der Waals surface area (Å²) in [4.78, 5) is 0. The molecule has 0 aromatic heterocycles. The summed E-state index contributed by atoms with van der Waals surface area (Å²) in [6.45, 7) is 8.08. The van der Waals surface area contributed by atoms with Crippen LogP contribution in [0.25, 0.3) is 5.70 Å². The van der Waals surface area contributed by atoms with Crippen molar-refractivity contribution in [2.75, 3.05) is 12.4 Å². The Kier molecular flexibility index (Phi) is 5.60. The molecular formula is C18H21N3OS. The molecule has 0 saturated heterocycles. The van der Waals surface area contributed by atoms with E-state index in [0.29, 0.717) is 10.8 Å². The third kappa shape index (κ3) is 4.47. The van der Waals surface area contributed by atoms with Gasteiger partial charge in [0.25, 0.3) is 0 Å². The first-order valence-electron chi connectivity index (χ1n) is 7.24. The predicted octanol–water partition coefficient (Wildman–Crippen LogP) is 3.77. The Morgan fingerprint density at radius 1 is 1.04 bits per heavy atom. The largest absolute Gasteiger partial charge is 0.497 e. The first kappa shape index (κ1) is 16.8. The van der Waals surface area contributed by atoms with Crippen LogP contribution in [0.2, 0.25) is 0 Å². The summed E-state index contributed by atoms with van der Waals surface area (Å²) in [5.74, 6) is 0.779. The highest BCUT2D eigenvalue weighted by Gasteiger charge is 2.05. The van der Waals surface area contributed by atoms with Gasteiger partial charge in [-0.15, -0.1) is 0 Å². The van der Waals surface area contributed by atoms with E-state index < -0.39 is 0 Å². The molecule has 0 heterocycles. The maximum atomic E-state index is 5.32. The average Bonchev–Trinajstić information content (AvgIpc) is 2.56. The standard InChI is InChI=1S/C18H21N3OS/c1-12-7-5-8-13(2)17(12)19-18(23)21-20-14(3)15-9-6-10-16(11-15)22-4/h5-11,20H,3H2,1-2,4H3,(H2,19,21,23). The third-order valence-corrected chi connectivity index (χ3v) is 3.67. The van der Waals surface area contributed by atoms with E-state index in [4.69, 9.17) is 17.0 Å². The van der Waals surface area contributed by atoms with E-state index in [2.05, 4.69) is 22.7 Å². The van der Waals surface area contributed by atoms with Crippen molar-refractivity contribution < 1.29 is 4.74 Å². The normalized spacial score (nSPS) is 9.87. The molecule has 3 N–H and O–H groups in total. The zero-order valence-corrected chi connectivity index (χ0v) is 14.4. The molecule has 0 saturated carbocycles. The summed E-state index contributed by atoms with van der Waals surface area (Å²) in [5.41, 5.74) is 10.9. The summed E-state index contributed by atoms with van der Waals surface area (Å²) in [7, 11) is 1.64. The van der Waals surface area contributed by atoms with Crippen LogP contribution in [0.1, 0.15) is 16.7 Å². The minimum atomic E-state index is 0.478. The second kappa shape index (κ2) is 7.65. The smallest absolute Gasteiger partial charge is 0.189 e. The number of benzene rings is 2. The molecule has 120 valence electrons. The molecule has 2 aromatic carbocycles. The molecule has 0 aliphatic carbocycles. The predicted molar refractivity (Wildman–Crippen MR) is 100 cm³/mol. The molecule has 4 nitrogen and oxygen atoms in total. The topological polar surface area (TPSA) is 45.3 Å². The van der Waals surface area contributed by atoms with Crippen LogP contribution in [0.5, 0.6) is 5.75 Å². The van der Waals surface area contributed by atoms with Crippen molar-refractivity contribution in [2.45, 2.75) is 13.8 Å². The average molecular weight is 327 g/mol. The number of anilines is 1. The van der Waals surface area contributed by atoms with Gasteiger partial charge in [0.2, 0.25) is 0 Å².